The molecule has 2 heterocycles. The fourth-order valence-electron chi connectivity index (χ4n) is 5.91. The zero-order chi connectivity index (χ0) is 36.3. The van der Waals surface area contributed by atoms with Gasteiger partial charge in [-0.1, -0.05) is 95.5 Å². The monoisotopic (exact) mass is 771 g/mol. The van der Waals surface area contributed by atoms with E-state index in [4.69, 9.17) is 37.4 Å². The molecule has 0 aliphatic carbocycles. The number of hydrogen-bond acceptors (Lipinski definition) is 6. The van der Waals surface area contributed by atoms with Crippen molar-refractivity contribution in [3.8, 4) is 17.4 Å². The van der Waals surface area contributed by atoms with Gasteiger partial charge in [0, 0.05) is 55.5 Å². The second-order valence-electron chi connectivity index (χ2n) is 13.0. The van der Waals surface area contributed by atoms with E-state index in [0.717, 1.165) is 42.7 Å². The van der Waals surface area contributed by atoms with Crippen LogP contribution in [0.3, 0.4) is 0 Å². The molecule has 1 aliphatic rings. The third-order valence-corrected chi connectivity index (χ3v) is 9.63. The van der Waals surface area contributed by atoms with Crippen molar-refractivity contribution in [2.75, 3.05) is 32.8 Å². The van der Waals surface area contributed by atoms with Gasteiger partial charge in [-0.15, -0.1) is 12.4 Å². The average molecular weight is 773 g/mol. The first kappa shape index (κ1) is 39.8. The Hall–Kier alpha value is -4.37. The van der Waals surface area contributed by atoms with Gasteiger partial charge in [-0.3, -0.25) is 9.69 Å². The normalized spacial score (nSPS) is 13.2. The molecular formula is C43H44Cl3N3O4. The van der Waals surface area contributed by atoms with Crippen molar-refractivity contribution in [3.05, 3.63) is 158 Å². The van der Waals surface area contributed by atoms with E-state index in [1.807, 2.05) is 42.2 Å². The highest BCUT2D eigenvalue weighted by Crippen LogP contribution is 2.34. The van der Waals surface area contributed by atoms with Gasteiger partial charge in [0.2, 0.25) is 11.8 Å². The molecule has 0 radical (unpaired) electrons. The molecule has 0 unspecified atom stereocenters. The highest BCUT2D eigenvalue weighted by molar-refractivity contribution is 6.32. The van der Waals surface area contributed by atoms with E-state index in [1.54, 1.807) is 36.5 Å². The maximum Gasteiger partial charge on any atom is 0.246 e. The van der Waals surface area contributed by atoms with Gasteiger partial charge in [0.15, 0.2) is 5.75 Å². The second-order valence-corrected chi connectivity index (χ2v) is 13.8. The topological polar surface area (TPSA) is 64.1 Å². The molecular weight excluding hydrogens is 729 g/mol. The van der Waals surface area contributed by atoms with E-state index >= 15 is 0 Å². The van der Waals surface area contributed by atoms with E-state index in [1.165, 1.54) is 22.3 Å². The molecule has 0 spiro atoms. The molecule has 7 nitrogen and oxygen atoms in total. The van der Waals surface area contributed by atoms with Crippen LogP contribution in [0.2, 0.25) is 10.0 Å². The smallest absolute Gasteiger partial charge is 0.246 e. The van der Waals surface area contributed by atoms with Crippen molar-refractivity contribution in [2.45, 2.75) is 40.0 Å². The van der Waals surface area contributed by atoms with Crippen LogP contribution in [0.5, 0.6) is 17.4 Å². The number of pyridine rings is 1. The van der Waals surface area contributed by atoms with Crippen LogP contribution >= 0.6 is 35.6 Å². The summed E-state index contributed by atoms with van der Waals surface area (Å²) in [5.74, 6) is 1.48. The summed E-state index contributed by atoms with van der Waals surface area (Å²) in [7, 11) is 0. The summed E-state index contributed by atoms with van der Waals surface area (Å²) in [5, 5.41) is 1.09. The summed E-state index contributed by atoms with van der Waals surface area (Å²) in [6.45, 7) is 9.56. The Morgan fingerprint density at radius 1 is 0.811 bits per heavy atom. The number of carbonyl (C=O) groups excluding carboxylic acids is 1. The molecule has 0 saturated carbocycles. The lowest BCUT2D eigenvalue weighted by Crippen LogP contribution is -2.47. The third kappa shape index (κ3) is 11.8. The van der Waals surface area contributed by atoms with E-state index in [-0.39, 0.29) is 18.3 Å². The van der Waals surface area contributed by atoms with Crippen LogP contribution < -0.4 is 9.47 Å². The zero-order valence-corrected chi connectivity index (χ0v) is 32.3. The Balaban J connectivity index is 0.00000541. The molecule has 0 bridgehead atoms. The molecule has 1 saturated heterocycles. The Kier molecular flexibility index (Phi) is 14.8. The molecule has 0 atom stereocenters. The van der Waals surface area contributed by atoms with Crippen LogP contribution in [0.4, 0.5) is 0 Å². The Morgan fingerprint density at radius 2 is 1.53 bits per heavy atom. The van der Waals surface area contributed by atoms with E-state index in [2.05, 4.69) is 65.3 Å². The van der Waals surface area contributed by atoms with Crippen molar-refractivity contribution < 1.29 is 19.0 Å². The number of ether oxygens (including phenoxy) is 3. The third-order valence-electron chi connectivity index (χ3n) is 8.98. The molecule has 5 aromatic rings. The molecule has 6 rings (SSSR count). The second kappa shape index (κ2) is 19.6. The Morgan fingerprint density at radius 3 is 2.23 bits per heavy atom. The number of nitrogens with zero attached hydrogens (tertiary/aromatic N) is 3. The average Bonchev–Trinajstić information content (AvgIpc) is 3.16. The summed E-state index contributed by atoms with van der Waals surface area (Å²) < 4.78 is 17.7. The number of piperazine rings is 1. The summed E-state index contributed by atoms with van der Waals surface area (Å²) in [5.41, 5.74) is 7.54. The summed E-state index contributed by atoms with van der Waals surface area (Å²) in [6, 6.07) is 32.0. The lowest BCUT2D eigenvalue weighted by molar-refractivity contribution is -0.127. The number of halogens is 3. The minimum absolute atomic E-state index is 0. The lowest BCUT2D eigenvalue weighted by Gasteiger charge is -2.34. The SMILES string of the molecule is Cc1ccc(COCCc2ccc(CN3CCN(C(=O)C=Cc4cc(C)c(Oc5ccc(OCc6ccccc6Cl)cn5)c(Cl)c4)CC3)cc2)cc1.Cl. The molecule has 1 fully saturated rings. The van der Waals surface area contributed by atoms with Gasteiger partial charge in [-0.2, -0.15) is 0 Å². The Labute approximate surface area is 328 Å². The standard InChI is InChI=1S/C43H43Cl2N3O4.ClH/c1-31-7-9-35(10-8-31)29-50-24-19-33-11-13-34(14-12-33)28-47-20-22-48(23-21-47)42(49)18-15-36-25-32(2)43(40(45)26-36)52-41-17-16-38(27-46-41)51-30-37-5-3-4-6-39(37)44;/h3-18,25-27H,19-24,28-30H2,1-2H3;1H. The number of hydrogen-bond donors (Lipinski definition) is 0. The van der Waals surface area contributed by atoms with Crippen molar-refractivity contribution >= 4 is 47.6 Å². The first-order valence-corrected chi connectivity index (χ1v) is 18.3. The van der Waals surface area contributed by atoms with E-state index in [9.17, 15) is 4.79 Å². The van der Waals surface area contributed by atoms with Crippen LogP contribution in [0, 0.1) is 13.8 Å². The van der Waals surface area contributed by atoms with E-state index < -0.39 is 0 Å². The number of amides is 1. The first-order chi connectivity index (χ1) is 25.3. The summed E-state index contributed by atoms with van der Waals surface area (Å²) >= 11 is 12.8. The maximum atomic E-state index is 13.1. The van der Waals surface area contributed by atoms with Gasteiger partial charge >= 0.3 is 0 Å². The molecule has 1 aromatic heterocycles. The van der Waals surface area contributed by atoms with Gasteiger partial charge in [0.1, 0.15) is 12.4 Å². The highest BCUT2D eigenvalue weighted by Gasteiger charge is 2.20. The molecule has 276 valence electrons. The van der Waals surface area contributed by atoms with Crippen molar-refractivity contribution in [3.63, 3.8) is 0 Å². The van der Waals surface area contributed by atoms with Gasteiger partial charge in [-0.05, 0) is 78.4 Å². The molecule has 10 heteroatoms. The molecule has 1 aliphatic heterocycles. The summed E-state index contributed by atoms with van der Waals surface area (Å²) in [4.78, 5) is 21.7. The van der Waals surface area contributed by atoms with Crippen molar-refractivity contribution in [1.82, 2.24) is 14.8 Å². The van der Waals surface area contributed by atoms with Crippen molar-refractivity contribution in [2.24, 2.45) is 0 Å². The van der Waals surface area contributed by atoms with Gasteiger partial charge in [0.05, 0.1) is 24.4 Å². The maximum absolute atomic E-state index is 13.1. The largest absolute Gasteiger partial charge is 0.487 e. The fourth-order valence-corrected chi connectivity index (χ4v) is 6.41. The molecule has 0 N–H and O–H groups in total. The van der Waals surface area contributed by atoms with Crippen LogP contribution in [-0.2, 0) is 35.7 Å². The lowest BCUT2D eigenvalue weighted by atomic mass is 10.1. The van der Waals surface area contributed by atoms with Crippen LogP contribution in [0.15, 0.2) is 109 Å². The van der Waals surface area contributed by atoms with Gasteiger partial charge in [-0.25, -0.2) is 4.98 Å². The van der Waals surface area contributed by atoms with Crippen LogP contribution in [-0.4, -0.2) is 53.5 Å². The molecule has 1 amide bonds. The minimum Gasteiger partial charge on any atom is -0.487 e. The molecule has 53 heavy (non-hydrogen) atoms. The summed E-state index contributed by atoms with van der Waals surface area (Å²) in [6.07, 6.45) is 5.91. The van der Waals surface area contributed by atoms with E-state index in [0.29, 0.717) is 60.3 Å². The highest BCUT2D eigenvalue weighted by atomic mass is 35.5. The predicted molar refractivity (Wildman–Crippen MR) is 215 cm³/mol. The zero-order valence-electron chi connectivity index (χ0n) is 30.0. The number of rotatable bonds is 14. The number of aromatic nitrogens is 1. The molecule has 4 aromatic carbocycles. The Bertz CT molecular complexity index is 1940. The van der Waals surface area contributed by atoms with Gasteiger partial charge < -0.3 is 19.1 Å². The minimum atomic E-state index is -0.0104. The van der Waals surface area contributed by atoms with Crippen LogP contribution in [0.25, 0.3) is 6.08 Å². The quantitative estimate of drug-likeness (QED) is 0.0828. The van der Waals surface area contributed by atoms with Crippen LogP contribution in [0.1, 0.15) is 38.9 Å². The van der Waals surface area contributed by atoms with Gasteiger partial charge in [0.25, 0.3) is 0 Å². The fraction of sp³-hybridized carbons (Fsp3) is 0.256. The number of benzene rings is 4. The number of carbonyl (C=O) groups is 1. The number of aryl methyl sites for hydroxylation is 2. The van der Waals surface area contributed by atoms with Crippen molar-refractivity contribution in [1.29, 1.82) is 0 Å². The predicted octanol–water partition coefficient (Wildman–Crippen LogP) is 9.92. The first-order valence-electron chi connectivity index (χ1n) is 17.5.